The molecule has 4 N–H and O–H groups in total. The highest BCUT2D eigenvalue weighted by atomic mass is 19.4. The number of carboxylic acids is 1. The molecule has 4 rings (SSSR count). The van der Waals surface area contributed by atoms with Gasteiger partial charge in [-0.3, -0.25) is 14.9 Å². The molecule has 3 aromatic rings. The third-order valence-electron chi connectivity index (χ3n) is 7.39. The molecule has 1 fully saturated rings. The summed E-state index contributed by atoms with van der Waals surface area (Å²) < 4.78 is 61.4. The molecule has 14 heteroatoms. The van der Waals surface area contributed by atoms with Gasteiger partial charge in [0.1, 0.15) is 6.04 Å². The van der Waals surface area contributed by atoms with E-state index in [2.05, 4.69) is 10.3 Å². The van der Waals surface area contributed by atoms with Crippen molar-refractivity contribution in [3.63, 3.8) is 0 Å². The maximum absolute atomic E-state index is 14.0. The molecule has 1 aliphatic carbocycles. The van der Waals surface area contributed by atoms with E-state index < -0.39 is 29.4 Å². The van der Waals surface area contributed by atoms with Crippen LogP contribution < -0.4 is 25.3 Å². The zero-order valence-electron chi connectivity index (χ0n) is 25.9. The summed E-state index contributed by atoms with van der Waals surface area (Å²) >= 11 is 0. The highest BCUT2D eigenvalue weighted by Gasteiger charge is 2.47. The van der Waals surface area contributed by atoms with Crippen LogP contribution in [0.15, 0.2) is 71.7 Å². The van der Waals surface area contributed by atoms with Crippen LogP contribution in [-0.4, -0.2) is 62.3 Å². The fourth-order valence-electron chi connectivity index (χ4n) is 4.79. The minimum Gasteiger partial charge on any atom is -0.494 e. The Kier molecular flexibility index (Phi) is 12.3. The molecule has 1 amide bonds. The number of ether oxygens (including phenoxy) is 3. The van der Waals surface area contributed by atoms with Gasteiger partial charge < -0.3 is 25.1 Å². The Morgan fingerprint density at radius 2 is 1.53 bits per heavy atom. The van der Waals surface area contributed by atoms with Gasteiger partial charge in [0.05, 0.1) is 27.8 Å². The second-order valence-electron chi connectivity index (χ2n) is 10.7. The van der Waals surface area contributed by atoms with Crippen molar-refractivity contribution in [2.24, 2.45) is 10.7 Å². The lowest BCUT2D eigenvalue weighted by atomic mass is 9.87. The van der Waals surface area contributed by atoms with Gasteiger partial charge in [-0.15, -0.1) is 0 Å². The standard InChI is InChI=1S/C31H34FN3O5.C2HF3O2/c1-38-26-12-9-21(16-28(26)40-3)17-29(37)35-30(33)34-24(15-20-7-5-4-6-8-20)25(36)19-31(13-14-31)22-10-11-23(32)27(18-22)39-2;3-2(4,5)1(6)7/h4-12,16,18,24H,13-15,17,19H2,1-3H3,(H3,33,34,35,37);(H,6,7)/t24-;/m1./s1. The molecule has 0 spiro atoms. The lowest BCUT2D eigenvalue weighted by Gasteiger charge is -2.20. The van der Waals surface area contributed by atoms with Gasteiger partial charge in [0.2, 0.25) is 5.91 Å². The molecule has 3 aromatic carbocycles. The molecule has 1 aliphatic rings. The number of guanidine groups is 1. The molecule has 0 unspecified atom stereocenters. The summed E-state index contributed by atoms with van der Waals surface area (Å²) in [6.45, 7) is 0. The monoisotopic (exact) mass is 661 g/mol. The molecule has 47 heavy (non-hydrogen) atoms. The maximum Gasteiger partial charge on any atom is 0.490 e. The van der Waals surface area contributed by atoms with E-state index >= 15 is 0 Å². The SMILES string of the molecule is COc1cc(C2(CC(=O)[C@@H](Cc3ccccc3)N=C(N)NC(=O)Cc3ccc(OC)c(OC)c3)CC2)ccc1F.O=C(O)C(F)(F)F. The van der Waals surface area contributed by atoms with Crippen LogP contribution in [0, 0.1) is 5.82 Å². The van der Waals surface area contributed by atoms with E-state index in [1.165, 1.54) is 27.4 Å². The molecule has 10 nitrogen and oxygen atoms in total. The third-order valence-corrected chi connectivity index (χ3v) is 7.39. The van der Waals surface area contributed by atoms with E-state index in [4.69, 9.17) is 29.8 Å². The average Bonchev–Trinajstić information content (AvgIpc) is 3.81. The van der Waals surface area contributed by atoms with Crippen LogP contribution in [0.4, 0.5) is 17.6 Å². The predicted molar refractivity (Wildman–Crippen MR) is 164 cm³/mol. The summed E-state index contributed by atoms with van der Waals surface area (Å²) in [5, 5.41) is 9.73. The number of amides is 1. The number of carboxylic acid groups (broad SMARTS) is 1. The van der Waals surface area contributed by atoms with Crippen LogP contribution in [-0.2, 0) is 32.6 Å². The van der Waals surface area contributed by atoms with Crippen LogP contribution in [0.5, 0.6) is 17.2 Å². The summed E-state index contributed by atoms with van der Waals surface area (Å²) in [7, 11) is 4.48. The van der Waals surface area contributed by atoms with Crippen LogP contribution >= 0.6 is 0 Å². The van der Waals surface area contributed by atoms with Crippen molar-refractivity contribution in [3.05, 3.63) is 89.2 Å². The van der Waals surface area contributed by atoms with Crippen molar-refractivity contribution in [2.45, 2.75) is 49.7 Å². The number of hydrogen-bond donors (Lipinski definition) is 3. The summed E-state index contributed by atoms with van der Waals surface area (Å²) in [6, 6.07) is 18.6. The van der Waals surface area contributed by atoms with Crippen LogP contribution in [0.1, 0.15) is 36.0 Å². The van der Waals surface area contributed by atoms with Crippen molar-refractivity contribution < 1.29 is 51.3 Å². The Morgan fingerprint density at radius 3 is 2.09 bits per heavy atom. The van der Waals surface area contributed by atoms with E-state index in [1.54, 1.807) is 30.3 Å². The number of benzene rings is 3. The Hall–Kier alpha value is -5.14. The first-order chi connectivity index (χ1) is 22.2. The zero-order chi connectivity index (χ0) is 34.8. The van der Waals surface area contributed by atoms with E-state index in [0.29, 0.717) is 23.5 Å². The highest BCUT2D eigenvalue weighted by molar-refractivity contribution is 5.98. The summed E-state index contributed by atoms with van der Waals surface area (Å²) in [5.74, 6) is -2.61. The molecule has 0 aliphatic heterocycles. The zero-order valence-corrected chi connectivity index (χ0v) is 25.9. The fraction of sp³-hybridized carbons (Fsp3) is 0.333. The minimum absolute atomic E-state index is 0.0311. The minimum atomic E-state index is -5.08. The topological polar surface area (TPSA) is 150 Å². The Balaban J connectivity index is 0.000000771. The van der Waals surface area contributed by atoms with Crippen molar-refractivity contribution in [1.29, 1.82) is 0 Å². The number of rotatable bonds is 12. The number of carbonyl (C=O) groups excluding carboxylic acids is 2. The number of nitrogens with zero attached hydrogens (tertiary/aromatic N) is 1. The molecular weight excluding hydrogens is 626 g/mol. The Morgan fingerprint density at radius 1 is 0.915 bits per heavy atom. The maximum atomic E-state index is 14.0. The van der Waals surface area contributed by atoms with Crippen molar-refractivity contribution in [2.75, 3.05) is 21.3 Å². The first-order valence-corrected chi connectivity index (χ1v) is 14.3. The number of carbonyl (C=O) groups is 3. The second kappa shape index (κ2) is 15.9. The number of halogens is 4. The number of nitrogens with one attached hydrogen (secondary N) is 1. The molecule has 0 aromatic heterocycles. The number of Topliss-reactive ketones (excluding diaryl/α,β-unsaturated/α-hetero) is 1. The second-order valence-corrected chi connectivity index (χ2v) is 10.7. The summed E-state index contributed by atoms with van der Waals surface area (Å²) in [6.07, 6.45) is -2.91. The molecule has 1 atom stereocenters. The largest absolute Gasteiger partial charge is 0.494 e. The van der Waals surface area contributed by atoms with E-state index in [0.717, 1.165) is 24.0 Å². The summed E-state index contributed by atoms with van der Waals surface area (Å²) in [4.78, 5) is 39.7. The Bertz CT molecular complexity index is 1590. The van der Waals surface area contributed by atoms with Gasteiger partial charge in [-0.25, -0.2) is 14.2 Å². The Labute approximate surface area is 268 Å². The average molecular weight is 662 g/mol. The highest BCUT2D eigenvalue weighted by Crippen LogP contribution is 2.52. The summed E-state index contributed by atoms with van der Waals surface area (Å²) in [5.41, 5.74) is 8.21. The van der Waals surface area contributed by atoms with Crippen LogP contribution in [0.2, 0.25) is 0 Å². The number of methoxy groups -OCH3 is 3. The van der Waals surface area contributed by atoms with Crippen LogP contribution in [0.3, 0.4) is 0 Å². The van der Waals surface area contributed by atoms with Crippen molar-refractivity contribution in [3.8, 4) is 17.2 Å². The molecular formula is C33H35F4N3O7. The number of alkyl halides is 3. The molecule has 252 valence electrons. The number of aliphatic imine (C=N–C) groups is 1. The third kappa shape index (κ3) is 10.4. The fourth-order valence-corrected chi connectivity index (χ4v) is 4.79. The molecule has 0 radical (unpaired) electrons. The van der Waals surface area contributed by atoms with Crippen molar-refractivity contribution >= 4 is 23.6 Å². The van der Waals surface area contributed by atoms with Gasteiger partial charge in [-0.1, -0.05) is 42.5 Å². The van der Waals surface area contributed by atoms with Gasteiger partial charge in [-0.05, 0) is 53.8 Å². The smallest absolute Gasteiger partial charge is 0.490 e. The van der Waals surface area contributed by atoms with Gasteiger partial charge in [0.15, 0.2) is 34.8 Å². The predicted octanol–water partition coefficient (Wildman–Crippen LogP) is 4.76. The normalized spacial score (nSPS) is 14.1. The quantitative estimate of drug-likeness (QED) is 0.143. The first kappa shape index (κ1) is 36.3. The first-order valence-electron chi connectivity index (χ1n) is 14.3. The molecule has 0 saturated heterocycles. The van der Waals surface area contributed by atoms with Gasteiger partial charge in [-0.2, -0.15) is 13.2 Å². The number of ketones is 1. The van der Waals surface area contributed by atoms with Crippen LogP contribution in [0.25, 0.3) is 0 Å². The molecule has 0 heterocycles. The molecule has 0 bridgehead atoms. The van der Waals surface area contributed by atoms with Gasteiger partial charge in [0.25, 0.3) is 0 Å². The van der Waals surface area contributed by atoms with Gasteiger partial charge >= 0.3 is 12.1 Å². The van der Waals surface area contributed by atoms with E-state index in [9.17, 15) is 27.2 Å². The van der Waals surface area contributed by atoms with Crippen molar-refractivity contribution in [1.82, 2.24) is 5.32 Å². The number of nitrogens with two attached hydrogens (primary N) is 1. The lowest BCUT2D eigenvalue weighted by Crippen LogP contribution is -2.40. The van der Waals surface area contributed by atoms with E-state index in [1.807, 2.05) is 30.3 Å². The lowest BCUT2D eigenvalue weighted by molar-refractivity contribution is -0.192. The van der Waals surface area contributed by atoms with E-state index in [-0.39, 0.29) is 36.2 Å². The number of aliphatic carboxylic acids is 1. The number of hydrogen-bond acceptors (Lipinski definition) is 7. The van der Waals surface area contributed by atoms with Gasteiger partial charge in [0, 0.05) is 18.3 Å². The molecule has 1 saturated carbocycles.